The van der Waals surface area contributed by atoms with Gasteiger partial charge in [-0.05, 0) is 38.2 Å². The Kier molecular flexibility index (Phi) is 2.91. The third-order valence-corrected chi connectivity index (χ3v) is 5.25. The van der Waals surface area contributed by atoms with Gasteiger partial charge in [-0.15, -0.1) is 0 Å². The van der Waals surface area contributed by atoms with E-state index >= 15 is 0 Å². The third kappa shape index (κ3) is 1.46. The first-order valence-electron chi connectivity index (χ1n) is 7.12. The first-order valence-corrected chi connectivity index (χ1v) is 7.12. The van der Waals surface area contributed by atoms with Crippen LogP contribution in [0.1, 0.15) is 53.2 Å². The fraction of sp³-hybridized carbons (Fsp3) is 0.625. The van der Waals surface area contributed by atoms with Crippen LogP contribution in [0.5, 0.6) is 0 Å². The summed E-state index contributed by atoms with van der Waals surface area (Å²) >= 11 is 0. The molecule has 4 heteroatoms. The molecule has 1 fully saturated rings. The predicted molar refractivity (Wildman–Crippen MR) is 72.9 cm³/mol. The van der Waals surface area contributed by atoms with Crippen LogP contribution >= 0.6 is 0 Å². The van der Waals surface area contributed by atoms with E-state index in [9.17, 15) is 9.59 Å². The lowest BCUT2D eigenvalue weighted by Crippen LogP contribution is -2.57. The number of aryl methyl sites for hydroxylation is 1. The topological polar surface area (TPSA) is 56.5 Å². The molecule has 1 aromatic rings. The van der Waals surface area contributed by atoms with E-state index in [1.54, 1.807) is 7.11 Å². The summed E-state index contributed by atoms with van der Waals surface area (Å²) in [6, 6.07) is 0. The summed E-state index contributed by atoms with van der Waals surface area (Å²) in [7, 11) is 1.61. The summed E-state index contributed by atoms with van der Waals surface area (Å²) in [5.74, 6) is 0.0661. The van der Waals surface area contributed by atoms with E-state index in [0.29, 0.717) is 5.56 Å². The molecule has 1 heterocycles. The lowest BCUT2D eigenvalue weighted by molar-refractivity contribution is -0.0600. The first kappa shape index (κ1) is 13.6. The molecular weight excluding hydrogens is 256 g/mol. The Morgan fingerprint density at radius 1 is 1.35 bits per heavy atom. The van der Waals surface area contributed by atoms with Gasteiger partial charge in [0.25, 0.3) is 0 Å². The minimum Gasteiger partial charge on any atom is -0.460 e. The Labute approximate surface area is 118 Å². The van der Waals surface area contributed by atoms with Crippen molar-refractivity contribution in [3.8, 4) is 0 Å². The molecule has 3 rings (SSSR count). The van der Waals surface area contributed by atoms with Crippen LogP contribution in [0.4, 0.5) is 0 Å². The van der Waals surface area contributed by atoms with Gasteiger partial charge in [0.05, 0.1) is 23.3 Å². The zero-order valence-electron chi connectivity index (χ0n) is 12.4. The molecule has 0 radical (unpaired) electrons. The molecule has 2 aliphatic rings. The molecule has 4 unspecified atom stereocenters. The van der Waals surface area contributed by atoms with Gasteiger partial charge in [0.1, 0.15) is 0 Å². The van der Waals surface area contributed by atoms with Gasteiger partial charge in [-0.1, -0.05) is 6.92 Å². The molecule has 4 nitrogen and oxygen atoms in total. The maximum absolute atomic E-state index is 12.9. The molecule has 2 aliphatic carbocycles. The van der Waals surface area contributed by atoms with Gasteiger partial charge in [0, 0.05) is 13.0 Å². The van der Waals surface area contributed by atoms with E-state index in [0.717, 1.165) is 18.4 Å². The zero-order valence-corrected chi connectivity index (χ0v) is 12.4. The largest absolute Gasteiger partial charge is 0.460 e. The molecule has 1 saturated carbocycles. The standard InChI is InChI=1S/C16H20O4/c1-8-5-6-10(19-4)16(3)12(8)13(17)11-9(2)7-20-14(11)15(16)18/h7-8,10,12H,5-6H2,1-4H3. The Bertz CT molecular complexity index is 585. The van der Waals surface area contributed by atoms with E-state index in [2.05, 4.69) is 6.92 Å². The van der Waals surface area contributed by atoms with Crippen molar-refractivity contribution in [1.29, 1.82) is 0 Å². The van der Waals surface area contributed by atoms with Gasteiger partial charge in [-0.25, -0.2) is 0 Å². The molecule has 108 valence electrons. The quantitative estimate of drug-likeness (QED) is 0.791. The second-order valence-corrected chi connectivity index (χ2v) is 6.36. The highest BCUT2D eigenvalue weighted by Gasteiger charge is 2.60. The summed E-state index contributed by atoms with van der Waals surface area (Å²) < 4.78 is 10.9. The van der Waals surface area contributed by atoms with E-state index in [-0.39, 0.29) is 35.3 Å². The third-order valence-electron chi connectivity index (χ3n) is 5.25. The van der Waals surface area contributed by atoms with Crippen LogP contribution in [0.15, 0.2) is 10.7 Å². The van der Waals surface area contributed by atoms with Crippen molar-refractivity contribution in [3.63, 3.8) is 0 Å². The second kappa shape index (κ2) is 4.29. The Hall–Kier alpha value is -1.42. The molecular formula is C16H20O4. The highest BCUT2D eigenvalue weighted by atomic mass is 16.5. The first-order chi connectivity index (χ1) is 9.42. The van der Waals surface area contributed by atoms with Crippen LogP contribution < -0.4 is 0 Å². The maximum atomic E-state index is 12.9. The van der Waals surface area contributed by atoms with E-state index < -0.39 is 5.41 Å². The number of hydrogen-bond donors (Lipinski definition) is 0. The van der Waals surface area contributed by atoms with Crippen molar-refractivity contribution < 1.29 is 18.7 Å². The molecule has 0 bridgehead atoms. The van der Waals surface area contributed by atoms with Gasteiger partial charge >= 0.3 is 0 Å². The Morgan fingerprint density at radius 3 is 2.70 bits per heavy atom. The van der Waals surface area contributed by atoms with Crippen molar-refractivity contribution >= 4 is 11.6 Å². The SMILES string of the molecule is COC1CCC(C)C2C(=O)c3c(C)coc3C(=O)C12C. The number of Topliss-reactive ketones (excluding diaryl/α,β-unsaturated/α-hetero) is 2. The van der Waals surface area contributed by atoms with E-state index in [1.165, 1.54) is 6.26 Å². The minimum absolute atomic E-state index is 0.0441. The molecule has 0 amide bonds. The number of ether oxygens (including phenoxy) is 1. The summed E-state index contributed by atoms with van der Waals surface area (Å²) in [6.07, 6.45) is 3.00. The molecule has 0 aromatic carbocycles. The Balaban J connectivity index is 2.23. The van der Waals surface area contributed by atoms with Gasteiger partial charge in [-0.2, -0.15) is 0 Å². The lowest BCUT2D eigenvalue weighted by atomic mass is 9.54. The van der Waals surface area contributed by atoms with Gasteiger partial charge < -0.3 is 9.15 Å². The highest BCUT2D eigenvalue weighted by Crippen LogP contribution is 2.52. The zero-order chi connectivity index (χ0) is 14.7. The number of methoxy groups -OCH3 is 1. The maximum Gasteiger partial charge on any atom is 0.207 e. The molecule has 0 spiro atoms. The number of carbonyl (C=O) groups is 2. The van der Waals surface area contributed by atoms with Gasteiger partial charge in [0.15, 0.2) is 11.5 Å². The van der Waals surface area contributed by atoms with Crippen LogP contribution in [0, 0.1) is 24.2 Å². The summed E-state index contributed by atoms with van der Waals surface area (Å²) in [6.45, 7) is 5.74. The van der Waals surface area contributed by atoms with Crippen molar-refractivity contribution in [2.45, 2.75) is 39.7 Å². The van der Waals surface area contributed by atoms with Gasteiger partial charge in [0.2, 0.25) is 5.78 Å². The van der Waals surface area contributed by atoms with Crippen LogP contribution in [0.2, 0.25) is 0 Å². The fourth-order valence-corrected chi connectivity index (χ4v) is 4.17. The molecule has 4 atom stereocenters. The predicted octanol–water partition coefficient (Wildman–Crippen LogP) is 3.03. The van der Waals surface area contributed by atoms with E-state index in [1.807, 2.05) is 13.8 Å². The summed E-state index contributed by atoms with van der Waals surface area (Å²) in [5.41, 5.74) is 0.439. The average Bonchev–Trinajstić information content (AvgIpc) is 2.79. The average molecular weight is 276 g/mol. The van der Waals surface area contributed by atoms with Gasteiger partial charge in [-0.3, -0.25) is 9.59 Å². The van der Waals surface area contributed by atoms with Crippen LogP contribution in [0.25, 0.3) is 0 Å². The van der Waals surface area contributed by atoms with Crippen molar-refractivity contribution in [2.24, 2.45) is 17.3 Å². The highest BCUT2D eigenvalue weighted by molar-refractivity contribution is 6.17. The number of furan rings is 1. The van der Waals surface area contributed by atoms with Crippen molar-refractivity contribution in [1.82, 2.24) is 0 Å². The number of fused-ring (bicyclic) bond motifs is 2. The molecule has 1 aromatic heterocycles. The van der Waals surface area contributed by atoms with E-state index in [4.69, 9.17) is 9.15 Å². The molecule has 0 N–H and O–H groups in total. The van der Waals surface area contributed by atoms with Crippen LogP contribution in [-0.2, 0) is 4.74 Å². The number of ketones is 2. The lowest BCUT2D eigenvalue weighted by Gasteiger charge is -2.49. The number of hydrogen-bond acceptors (Lipinski definition) is 4. The normalized spacial score (nSPS) is 36.7. The summed E-state index contributed by atoms with van der Waals surface area (Å²) in [5, 5.41) is 0. The smallest absolute Gasteiger partial charge is 0.207 e. The fourth-order valence-electron chi connectivity index (χ4n) is 4.17. The van der Waals surface area contributed by atoms with Crippen LogP contribution in [-0.4, -0.2) is 24.8 Å². The molecule has 0 aliphatic heterocycles. The monoisotopic (exact) mass is 276 g/mol. The van der Waals surface area contributed by atoms with Crippen LogP contribution in [0.3, 0.4) is 0 Å². The minimum atomic E-state index is -0.805. The Morgan fingerprint density at radius 2 is 2.05 bits per heavy atom. The number of carbonyl (C=O) groups excluding carboxylic acids is 2. The summed E-state index contributed by atoms with van der Waals surface area (Å²) in [4.78, 5) is 25.8. The molecule has 20 heavy (non-hydrogen) atoms. The second-order valence-electron chi connectivity index (χ2n) is 6.36. The number of rotatable bonds is 1. The van der Waals surface area contributed by atoms with Crippen molar-refractivity contribution in [3.05, 3.63) is 23.2 Å². The van der Waals surface area contributed by atoms with Crippen molar-refractivity contribution in [2.75, 3.05) is 7.11 Å². The molecule has 0 saturated heterocycles.